The van der Waals surface area contributed by atoms with E-state index in [1.807, 2.05) is 6.92 Å². The van der Waals surface area contributed by atoms with Crippen molar-refractivity contribution in [1.82, 2.24) is 4.98 Å². The van der Waals surface area contributed by atoms with Crippen molar-refractivity contribution in [3.63, 3.8) is 0 Å². The lowest BCUT2D eigenvalue weighted by Gasteiger charge is -2.13. The zero-order chi connectivity index (χ0) is 15.6. The molecule has 3 N–H and O–H groups in total. The van der Waals surface area contributed by atoms with E-state index in [4.69, 9.17) is 11.0 Å². The van der Waals surface area contributed by atoms with Gasteiger partial charge in [-0.1, -0.05) is 0 Å². The highest BCUT2D eigenvalue weighted by atomic mass is 79.9. The fourth-order valence-electron chi connectivity index (χ4n) is 1.76. The number of benzene rings is 1. The van der Waals surface area contributed by atoms with Crippen molar-refractivity contribution < 1.29 is 8.42 Å². The fourth-order valence-corrected chi connectivity index (χ4v) is 3.79. The molecule has 0 spiro atoms. The van der Waals surface area contributed by atoms with E-state index < -0.39 is 10.0 Å². The van der Waals surface area contributed by atoms with Crippen LogP contribution < -0.4 is 10.5 Å². The maximum absolute atomic E-state index is 12.4. The topological polar surface area (TPSA) is 109 Å². The molecule has 1 aromatic carbocycles. The second-order valence-electron chi connectivity index (χ2n) is 4.28. The molecule has 0 bridgehead atoms. The number of sulfonamides is 1. The van der Waals surface area contributed by atoms with Gasteiger partial charge in [-0.25, -0.2) is 13.4 Å². The zero-order valence-electron chi connectivity index (χ0n) is 11.0. The summed E-state index contributed by atoms with van der Waals surface area (Å²) in [6.45, 7) is 1.84. The number of rotatable bonds is 3. The van der Waals surface area contributed by atoms with Gasteiger partial charge in [0.25, 0.3) is 10.0 Å². The van der Waals surface area contributed by atoms with Crippen LogP contribution in [0.25, 0.3) is 0 Å². The molecule has 1 aromatic heterocycles. The van der Waals surface area contributed by atoms with Crippen LogP contribution in [0.1, 0.15) is 11.3 Å². The average molecular weight is 367 g/mol. The molecule has 0 amide bonds. The Morgan fingerprint density at radius 2 is 2.14 bits per heavy atom. The Balaban J connectivity index is 2.51. The third kappa shape index (κ3) is 3.15. The van der Waals surface area contributed by atoms with E-state index in [-0.39, 0.29) is 22.0 Å². The van der Waals surface area contributed by atoms with Crippen LogP contribution in [0, 0.1) is 18.3 Å². The first-order valence-electron chi connectivity index (χ1n) is 5.78. The molecule has 2 aromatic rings. The maximum Gasteiger partial charge on any atom is 0.264 e. The Labute approximate surface area is 130 Å². The van der Waals surface area contributed by atoms with Gasteiger partial charge in [0, 0.05) is 10.7 Å². The van der Waals surface area contributed by atoms with Crippen LogP contribution in [-0.2, 0) is 10.0 Å². The van der Waals surface area contributed by atoms with Gasteiger partial charge >= 0.3 is 0 Å². The van der Waals surface area contributed by atoms with Crippen LogP contribution in [0.2, 0.25) is 0 Å². The van der Waals surface area contributed by atoms with Gasteiger partial charge in [-0.05, 0) is 52.7 Å². The van der Waals surface area contributed by atoms with E-state index in [0.29, 0.717) is 4.47 Å². The molecular formula is C13H11BrN4O2S. The smallest absolute Gasteiger partial charge is 0.264 e. The second kappa shape index (κ2) is 5.71. The average Bonchev–Trinajstić information content (AvgIpc) is 2.43. The molecule has 0 aliphatic heterocycles. The quantitative estimate of drug-likeness (QED) is 0.810. The lowest BCUT2D eigenvalue weighted by atomic mass is 10.2. The number of halogens is 1. The molecule has 108 valence electrons. The molecule has 6 nitrogen and oxygen atoms in total. The summed E-state index contributed by atoms with van der Waals surface area (Å²) in [5.74, 6) is 0. The van der Waals surface area contributed by atoms with E-state index in [1.165, 1.54) is 18.3 Å². The molecule has 1 heterocycles. The number of nitrogen functional groups attached to an aromatic ring is 1. The molecule has 0 aliphatic carbocycles. The summed E-state index contributed by atoms with van der Waals surface area (Å²) in [4.78, 5) is 3.55. The SMILES string of the molecule is Cc1cc(N)c(NS(=O)(=O)c2cccnc2C#N)c(Br)c1. The number of anilines is 2. The fraction of sp³-hybridized carbons (Fsp3) is 0.0769. The zero-order valence-corrected chi connectivity index (χ0v) is 13.4. The molecule has 0 unspecified atom stereocenters. The number of pyridine rings is 1. The summed E-state index contributed by atoms with van der Waals surface area (Å²) in [7, 11) is -3.96. The van der Waals surface area contributed by atoms with Crippen LogP contribution in [0.3, 0.4) is 0 Å². The summed E-state index contributed by atoms with van der Waals surface area (Å²) >= 11 is 3.27. The van der Waals surface area contributed by atoms with E-state index in [1.54, 1.807) is 18.2 Å². The van der Waals surface area contributed by atoms with Crippen LogP contribution in [0.5, 0.6) is 0 Å². The second-order valence-corrected chi connectivity index (χ2v) is 6.78. The Morgan fingerprint density at radius 3 is 2.76 bits per heavy atom. The van der Waals surface area contributed by atoms with E-state index in [0.717, 1.165) is 5.56 Å². The highest BCUT2D eigenvalue weighted by Crippen LogP contribution is 2.32. The molecular weight excluding hydrogens is 356 g/mol. The third-order valence-corrected chi connectivity index (χ3v) is 4.67. The normalized spacial score (nSPS) is 10.9. The van der Waals surface area contributed by atoms with Crippen molar-refractivity contribution >= 4 is 37.3 Å². The van der Waals surface area contributed by atoms with Gasteiger partial charge in [0.2, 0.25) is 0 Å². The van der Waals surface area contributed by atoms with E-state index in [2.05, 4.69) is 25.6 Å². The minimum atomic E-state index is -3.96. The summed E-state index contributed by atoms with van der Waals surface area (Å²) in [5.41, 5.74) is 7.07. The van der Waals surface area contributed by atoms with Crippen LogP contribution in [-0.4, -0.2) is 13.4 Å². The molecule has 21 heavy (non-hydrogen) atoms. The van der Waals surface area contributed by atoms with Crippen LogP contribution in [0.4, 0.5) is 11.4 Å². The number of hydrogen-bond donors (Lipinski definition) is 2. The molecule has 0 aliphatic rings. The number of nitriles is 1. The summed E-state index contributed by atoms with van der Waals surface area (Å²) in [6.07, 6.45) is 1.35. The molecule has 0 radical (unpaired) electrons. The highest BCUT2D eigenvalue weighted by molar-refractivity contribution is 9.10. The first-order chi connectivity index (χ1) is 9.85. The van der Waals surface area contributed by atoms with Crippen molar-refractivity contribution in [3.05, 3.63) is 46.2 Å². The van der Waals surface area contributed by atoms with Crippen molar-refractivity contribution in [1.29, 1.82) is 5.26 Å². The van der Waals surface area contributed by atoms with Gasteiger partial charge in [-0.2, -0.15) is 5.26 Å². The third-order valence-electron chi connectivity index (χ3n) is 2.67. The number of nitrogens with two attached hydrogens (primary N) is 1. The predicted octanol–water partition coefficient (Wildman–Crippen LogP) is 2.41. The van der Waals surface area contributed by atoms with E-state index in [9.17, 15) is 8.42 Å². The van der Waals surface area contributed by atoms with E-state index >= 15 is 0 Å². The number of aryl methyl sites for hydroxylation is 1. The first kappa shape index (κ1) is 15.3. The van der Waals surface area contributed by atoms with Crippen molar-refractivity contribution in [2.45, 2.75) is 11.8 Å². The number of aromatic nitrogens is 1. The first-order valence-corrected chi connectivity index (χ1v) is 8.06. The Hall–Kier alpha value is -2.11. The highest BCUT2D eigenvalue weighted by Gasteiger charge is 2.21. The Bertz CT molecular complexity index is 820. The molecule has 2 rings (SSSR count). The Kier molecular flexibility index (Phi) is 4.16. The standard InChI is InChI=1S/C13H11BrN4O2S/c1-8-5-9(14)13(10(16)6-8)18-21(19,20)12-3-2-4-17-11(12)7-15/h2-6,18H,16H2,1H3. The Morgan fingerprint density at radius 1 is 1.43 bits per heavy atom. The number of nitrogens with one attached hydrogen (secondary N) is 1. The molecule has 0 saturated carbocycles. The van der Waals surface area contributed by atoms with Gasteiger partial charge < -0.3 is 5.73 Å². The van der Waals surface area contributed by atoms with Crippen LogP contribution >= 0.6 is 15.9 Å². The summed E-state index contributed by atoms with van der Waals surface area (Å²) in [6, 6.07) is 7.90. The minimum Gasteiger partial charge on any atom is -0.397 e. The molecule has 8 heteroatoms. The largest absolute Gasteiger partial charge is 0.397 e. The number of nitrogens with zero attached hydrogens (tertiary/aromatic N) is 2. The minimum absolute atomic E-state index is 0.174. The lowest BCUT2D eigenvalue weighted by Crippen LogP contribution is -2.16. The van der Waals surface area contributed by atoms with Crippen molar-refractivity contribution in [2.75, 3.05) is 10.5 Å². The number of hydrogen-bond acceptors (Lipinski definition) is 5. The van der Waals surface area contributed by atoms with Crippen molar-refractivity contribution in [2.24, 2.45) is 0 Å². The molecule has 0 saturated heterocycles. The van der Waals surface area contributed by atoms with Crippen molar-refractivity contribution in [3.8, 4) is 6.07 Å². The summed E-state index contributed by atoms with van der Waals surface area (Å²) < 4.78 is 27.7. The van der Waals surface area contributed by atoms with Gasteiger partial charge in [-0.15, -0.1) is 0 Å². The van der Waals surface area contributed by atoms with Gasteiger partial charge in [0.15, 0.2) is 5.69 Å². The monoisotopic (exact) mass is 366 g/mol. The van der Waals surface area contributed by atoms with Gasteiger partial charge in [0.05, 0.1) is 11.4 Å². The predicted molar refractivity (Wildman–Crippen MR) is 83.1 cm³/mol. The maximum atomic E-state index is 12.4. The van der Waals surface area contributed by atoms with Gasteiger partial charge in [-0.3, -0.25) is 4.72 Å². The van der Waals surface area contributed by atoms with Gasteiger partial charge in [0.1, 0.15) is 11.0 Å². The summed E-state index contributed by atoms with van der Waals surface area (Å²) in [5, 5.41) is 8.95. The molecule has 0 atom stereocenters. The van der Waals surface area contributed by atoms with Crippen LogP contribution in [0.15, 0.2) is 39.8 Å². The lowest BCUT2D eigenvalue weighted by molar-refractivity contribution is 0.600. The molecule has 0 fully saturated rings.